The molecule has 1 aliphatic heterocycles. The van der Waals surface area contributed by atoms with Crippen LogP contribution in [0.2, 0.25) is 0 Å². The van der Waals surface area contributed by atoms with E-state index in [1.807, 2.05) is 10.6 Å². The third-order valence-corrected chi connectivity index (χ3v) is 4.33. The molecule has 3 rings (SSSR count). The van der Waals surface area contributed by atoms with Crippen LogP contribution in [0.1, 0.15) is 44.9 Å². The van der Waals surface area contributed by atoms with Crippen molar-refractivity contribution in [3.8, 4) is 0 Å². The topological polar surface area (TPSA) is 71.4 Å². The highest BCUT2D eigenvalue weighted by molar-refractivity contribution is 5.43. The second-order valence-corrected chi connectivity index (χ2v) is 6.15. The smallest absolute Gasteiger partial charge is 0.273 e. The fraction of sp³-hybridized carbons (Fsp3) is 0.647. The molecule has 1 fully saturated rings. The molecule has 1 aliphatic rings. The molecule has 2 aromatic rings. The van der Waals surface area contributed by atoms with Crippen molar-refractivity contribution in [2.75, 3.05) is 26.8 Å². The van der Waals surface area contributed by atoms with Crippen molar-refractivity contribution < 1.29 is 4.74 Å². The Kier molecular flexibility index (Phi) is 6.80. The van der Waals surface area contributed by atoms with Crippen LogP contribution in [0.15, 0.2) is 23.4 Å². The lowest BCUT2D eigenvalue weighted by Crippen LogP contribution is -2.11. The highest BCUT2D eigenvalue weighted by Gasteiger charge is 2.15. The third kappa shape index (κ3) is 4.65. The van der Waals surface area contributed by atoms with E-state index in [9.17, 15) is 4.79 Å². The molecule has 2 atom stereocenters. The maximum Gasteiger partial charge on any atom is 0.273 e. The van der Waals surface area contributed by atoms with Gasteiger partial charge < -0.3 is 15.0 Å². The van der Waals surface area contributed by atoms with E-state index in [0.717, 1.165) is 24.6 Å². The Morgan fingerprint density at radius 2 is 2.35 bits per heavy atom. The maximum atomic E-state index is 11.6. The molecule has 1 unspecified atom stereocenters. The van der Waals surface area contributed by atoms with E-state index in [4.69, 9.17) is 4.74 Å². The second-order valence-electron chi connectivity index (χ2n) is 6.15. The van der Waals surface area contributed by atoms with Gasteiger partial charge in [0.1, 0.15) is 11.3 Å². The van der Waals surface area contributed by atoms with Gasteiger partial charge >= 0.3 is 0 Å². The molecule has 1 saturated heterocycles. The SMILES string of the molecule is CCC(CCOC)c1ncc2c(=O)[nH]ccn12.C[C@H]1CCNC1. The van der Waals surface area contributed by atoms with Gasteiger partial charge in [-0.15, -0.1) is 0 Å². The summed E-state index contributed by atoms with van der Waals surface area (Å²) in [6.45, 7) is 7.58. The standard InChI is InChI=1S/C12H17N3O2.C5H11N/c1-3-9(4-7-17-2)11-14-8-10-12(16)13-5-6-15(10)11;1-5-2-3-6-4-5/h5-6,8-9H,3-4,7H2,1-2H3,(H,13,16);5-6H,2-4H2,1H3/t;5-/m.0/s1. The van der Waals surface area contributed by atoms with Crippen molar-refractivity contribution in [3.63, 3.8) is 0 Å². The van der Waals surface area contributed by atoms with Crippen LogP contribution in [0, 0.1) is 5.92 Å². The van der Waals surface area contributed by atoms with Gasteiger partial charge in [-0.25, -0.2) is 4.98 Å². The number of aromatic nitrogens is 3. The average molecular weight is 320 g/mol. The Labute approximate surface area is 137 Å². The number of imidazole rings is 1. The lowest BCUT2D eigenvalue weighted by Gasteiger charge is -2.12. The number of hydrogen-bond acceptors (Lipinski definition) is 4. The Morgan fingerprint density at radius 3 is 2.91 bits per heavy atom. The Bertz CT molecular complexity index is 643. The van der Waals surface area contributed by atoms with E-state index in [1.54, 1.807) is 19.5 Å². The van der Waals surface area contributed by atoms with E-state index in [2.05, 4.69) is 29.1 Å². The number of rotatable bonds is 5. The number of aromatic amines is 1. The van der Waals surface area contributed by atoms with Gasteiger partial charge in [-0.1, -0.05) is 13.8 Å². The molecule has 0 radical (unpaired) electrons. The highest BCUT2D eigenvalue weighted by atomic mass is 16.5. The van der Waals surface area contributed by atoms with Crippen molar-refractivity contribution in [3.05, 3.63) is 34.8 Å². The molecule has 2 aromatic heterocycles. The summed E-state index contributed by atoms with van der Waals surface area (Å²) in [6, 6.07) is 0. The number of ether oxygens (including phenoxy) is 1. The summed E-state index contributed by atoms with van der Waals surface area (Å²) >= 11 is 0. The molecule has 6 heteroatoms. The summed E-state index contributed by atoms with van der Waals surface area (Å²) < 4.78 is 6.97. The van der Waals surface area contributed by atoms with Crippen LogP contribution in [-0.4, -0.2) is 41.2 Å². The summed E-state index contributed by atoms with van der Waals surface area (Å²) in [5.41, 5.74) is 0.492. The predicted molar refractivity (Wildman–Crippen MR) is 92.0 cm³/mol. The van der Waals surface area contributed by atoms with Gasteiger partial charge in [-0.05, 0) is 38.3 Å². The Hall–Kier alpha value is -1.66. The fourth-order valence-corrected chi connectivity index (χ4v) is 2.84. The molecule has 0 saturated carbocycles. The highest BCUT2D eigenvalue weighted by Crippen LogP contribution is 2.22. The molecule has 23 heavy (non-hydrogen) atoms. The second kappa shape index (κ2) is 8.84. The molecule has 128 valence electrons. The minimum absolute atomic E-state index is 0.104. The molecular formula is C17H28N4O2. The summed E-state index contributed by atoms with van der Waals surface area (Å²) in [5, 5.41) is 3.27. The first kappa shape index (κ1) is 17.7. The first-order valence-electron chi connectivity index (χ1n) is 8.41. The fourth-order valence-electron chi connectivity index (χ4n) is 2.84. The summed E-state index contributed by atoms with van der Waals surface area (Å²) in [5.74, 6) is 2.19. The number of nitrogens with one attached hydrogen (secondary N) is 2. The molecule has 0 aromatic carbocycles. The first-order valence-corrected chi connectivity index (χ1v) is 8.41. The van der Waals surface area contributed by atoms with Crippen LogP contribution in [0.5, 0.6) is 0 Å². The molecule has 6 nitrogen and oxygen atoms in total. The average Bonchev–Trinajstić information content (AvgIpc) is 3.19. The predicted octanol–water partition coefficient (Wildman–Crippen LogP) is 2.17. The van der Waals surface area contributed by atoms with Gasteiger partial charge in [0, 0.05) is 32.0 Å². The van der Waals surface area contributed by atoms with E-state index >= 15 is 0 Å². The van der Waals surface area contributed by atoms with Crippen LogP contribution >= 0.6 is 0 Å². The van der Waals surface area contributed by atoms with Crippen LogP contribution in [0.3, 0.4) is 0 Å². The quantitative estimate of drug-likeness (QED) is 0.886. The molecule has 0 aliphatic carbocycles. The van der Waals surface area contributed by atoms with Crippen molar-refractivity contribution in [2.45, 2.75) is 39.0 Å². The number of nitrogens with zero attached hydrogens (tertiary/aromatic N) is 2. The Morgan fingerprint density at radius 1 is 1.52 bits per heavy atom. The lowest BCUT2D eigenvalue weighted by molar-refractivity contribution is 0.186. The van der Waals surface area contributed by atoms with Gasteiger partial charge in [0.2, 0.25) is 0 Å². The van der Waals surface area contributed by atoms with Crippen molar-refractivity contribution in [2.24, 2.45) is 5.92 Å². The van der Waals surface area contributed by atoms with Gasteiger partial charge in [-0.3, -0.25) is 9.20 Å². The van der Waals surface area contributed by atoms with E-state index in [1.165, 1.54) is 19.5 Å². The monoisotopic (exact) mass is 320 g/mol. The molecule has 0 amide bonds. The Balaban J connectivity index is 0.000000268. The normalized spacial score (nSPS) is 18.7. The largest absolute Gasteiger partial charge is 0.385 e. The van der Waals surface area contributed by atoms with E-state index < -0.39 is 0 Å². The zero-order valence-corrected chi connectivity index (χ0v) is 14.3. The maximum absolute atomic E-state index is 11.6. The zero-order valence-electron chi connectivity index (χ0n) is 14.3. The minimum Gasteiger partial charge on any atom is -0.385 e. The van der Waals surface area contributed by atoms with Crippen LogP contribution in [-0.2, 0) is 4.74 Å². The number of H-pyrrole nitrogens is 1. The van der Waals surface area contributed by atoms with Gasteiger partial charge in [-0.2, -0.15) is 0 Å². The van der Waals surface area contributed by atoms with Crippen molar-refractivity contribution in [1.29, 1.82) is 0 Å². The number of methoxy groups -OCH3 is 1. The summed E-state index contributed by atoms with van der Waals surface area (Å²) in [7, 11) is 1.70. The van der Waals surface area contributed by atoms with E-state index in [0.29, 0.717) is 18.0 Å². The van der Waals surface area contributed by atoms with Crippen LogP contribution in [0.25, 0.3) is 5.52 Å². The summed E-state index contributed by atoms with van der Waals surface area (Å²) in [4.78, 5) is 18.6. The van der Waals surface area contributed by atoms with Crippen LogP contribution in [0.4, 0.5) is 0 Å². The molecular weight excluding hydrogens is 292 g/mol. The molecule has 0 bridgehead atoms. The van der Waals surface area contributed by atoms with Crippen molar-refractivity contribution in [1.82, 2.24) is 19.7 Å². The minimum atomic E-state index is -0.104. The van der Waals surface area contributed by atoms with Gasteiger partial charge in [0.15, 0.2) is 0 Å². The lowest BCUT2D eigenvalue weighted by atomic mass is 10.0. The summed E-state index contributed by atoms with van der Waals surface area (Å²) in [6.07, 6.45) is 8.38. The molecule has 2 N–H and O–H groups in total. The number of hydrogen-bond donors (Lipinski definition) is 2. The first-order chi connectivity index (χ1) is 11.2. The van der Waals surface area contributed by atoms with Gasteiger partial charge in [0.05, 0.1) is 6.20 Å². The van der Waals surface area contributed by atoms with Gasteiger partial charge in [0.25, 0.3) is 5.56 Å². The van der Waals surface area contributed by atoms with Crippen LogP contribution < -0.4 is 10.9 Å². The van der Waals surface area contributed by atoms with E-state index in [-0.39, 0.29) is 5.56 Å². The zero-order chi connectivity index (χ0) is 16.7. The number of fused-ring (bicyclic) bond motifs is 1. The molecule has 0 spiro atoms. The molecule has 3 heterocycles. The third-order valence-electron chi connectivity index (χ3n) is 4.33. The van der Waals surface area contributed by atoms with Crippen molar-refractivity contribution >= 4 is 5.52 Å².